The van der Waals surface area contributed by atoms with Crippen LogP contribution in [0.4, 0.5) is 4.79 Å². The summed E-state index contributed by atoms with van der Waals surface area (Å²) < 4.78 is 9.85. The Bertz CT molecular complexity index is 932. The Balaban J connectivity index is 3.42. The van der Waals surface area contributed by atoms with Gasteiger partial charge in [-0.3, -0.25) is 14.4 Å². The molecule has 2 N–H and O–H groups in total. The highest BCUT2D eigenvalue weighted by Crippen LogP contribution is 2.26. The van der Waals surface area contributed by atoms with Gasteiger partial charge in [-0.1, -0.05) is 38.1 Å². The van der Waals surface area contributed by atoms with Crippen LogP contribution in [0, 0.1) is 24.2 Å². The Morgan fingerprint density at radius 3 is 2.26 bits per heavy atom. The van der Waals surface area contributed by atoms with Gasteiger partial charge in [0.1, 0.15) is 30.8 Å². The van der Waals surface area contributed by atoms with E-state index in [1.54, 1.807) is 65.8 Å². The van der Waals surface area contributed by atoms with E-state index < -0.39 is 54.7 Å². The van der Waals surface area contributed by atoms with E-state index in [0.29, 0.717) is 11.1 Å². The van der Waals surface area contributed by atoms with Gasteiger partial charge in [-0.05, 0) is 44.7 Å². The summed E-state index contributed by atoms with van der Waals surface area (Å²) in [6, 6.07) is 6.55. The van der Waals surface area contributed by atoms with Crippen LogP contribution < -0.4 is 10.6 Å². The van der Waals surface area contributed by atoms with Crippen LogP contribution in [0.1, 0.15) is 51.8 Å². The fourth-order valence-electron chi connectivity index (χ4n) is 3.17. The molecule has 0 saturated carbocycles. The van der Waals surface area contributed by atoms with Crippen LogP contribution in [-0.4, -0.2) is 60.6 Å². The first kappa shape index (κ1) is 28.4. The van der Waals surface area contributed by atoms with Gasteiger partial charge in [0.25, 0.3) is 0 Å². The number of nitriles is 1. The molecule has 1 rings (SSSR count). The molecular formula is C24H34N4O6. The van der Waals surface area contributed by atoms with E-state index in [1.807, 2.05) is 6.07 Å². The van der Waals surface area contributed by atoms with Gasteiger partial charge in [0.2, 0.25) is 11.8 Å². The summed E-state index contributed by atoms with van der Waals surface area (Å²) in [6.07, 6.45) is -0.793. The van der Waals surface area contributed by atoms with E-state index in [4.69, 9.17) is 4.74 Å². The van der Waals surface area contributed by atoms with Crippen molar-refractivity contribution < 1.29 is 28.7 Å². The molecule has 186 valence electrons. The van der Waals surface area contributed by atoms with Crippen LogP contribution in [0.15, 0.2) is 24.3 Å². The van der Waals surface area contributed by atoms with Gasteiger partial charge in [0.15, 0.2) is 0 Å². The van der Waals surface area contributed by atoms with Crippen molar-refractivity contribution in [2.24, 2.45) is 5.92 Å². The number of aryl methyl sites for hydroxylation is 1. The molecule has 0 spiro atoms. The number of ether oxygens (including phenoxy) is 2. The summed E-state index contributed by atoms with van der Waals surface area (Å²) in [5.41, 5.74) is 0.407. The SMILES string of the molecule is COC(=O)CNC(=O)C(c1ccccc1C)N(CC#N)C(=O)C(NC(=O)OC(C)(C)C)C(C)C. The second-order valence-electron chi connectivity index (χ2n) is 9.05. The molecule has 0 aliphatic heterocycles. The minimum Gasteiger partial charge on any atom is -0.468 e. The predicted molar refractivity (Wildman–Crippen MR) is 124 cm³/mol. The quantitative estimate of drug-likeness (QED) is 0.413. The summed E-state index contributed by atoms with van der Waals surface area (Å²) in [5, 5.41) is 14.5. The highest BCUT2D eigenvalue weighted by Gasteiger charge is 2.38. The third-order valence-electron chi connectivity index (χ3n) is 4.81. The van der Waals surface area contributed by atoms with Crippen LogP contribution in [0.3, 0.4) is 0 Å². The van der Waals surface area contributed by atoms with Crippen LogP contribution in [-0.2, 0) is 23.9 Å². The van der Waals surface area contributed by atoms with Gasteiger partial charge in [0.05, 0.1) is 13.2 Å². The third-order valence-corrected chi connectivity index (χ3v) is 4.81. The van der Waals surface area contributed by atoms with Gasteiger partial charge < -0.3 is 25.0 Å². The zero-order valence-electron chi connectivity index (χ0n) is 20.8. The first-order chi connectivity index (χ1) is 15.8. The molecule has 0 radical (unpaired) electrons. The van der Waals surface area contributed by atoms with Gasteiger partial charge in [-0.2, -0.15) is 5.26 Å². The van der Waals surface area contributed by atoms with E-state index >= 15 is 0 Å². The monoisotopic (exact) mass is 474 g/mol. The zero-order chi connectivity index (χ0) is 26.1. The number of nitrogens with zero attached hydrogens (tertiary/aromatic N) is 2. The van der Waals surface area contributed by atoms with Crippen LogP contribution >= 0.6 is 0 Å². The lowest BCUT2D eigenvalue weighted by Crippen LogP contribution is -2.55. The first-order valence-electron chi connectivity index (χ1n) is 10.9. The Kier molecular flexibility index (Phi) is 10.5. The predicted octanol–water partition coefficient (Wildman–Crippen LogP) is 2.23. The summed E-state index contributed by atoms with van der Waals surface area (Å²) in [5.74, 6) is -2.34. The zero-order valence-corrected chi connectivity index (χ0v) is 20.8. The summed E-state index contributed by atoms with van der Waals surface area (Å²) in [7, 11) is 1.19. The summed E-state index contributed by atoms with van der Waals surface area (Å²) >= 11 is 0. The van der Waals surface area contributed by atoms with Crippen LogP contribution in [0.2, 0.25) is 0 Å². The van der Waals surface area contributed by atoms with Crippen molar-refractivity contribution in [3.8, 4) is 6.07 Å². The maximum Gasteiger partial charge on any atom is 0.408 e. The molecule has 3 amide bonds. The fraction of sp³-hybridized carbons (Fsp3) is 0.542. The van der Waals surface area contributed by atoms with Crippen molar-refractivity contribution in [2.75, 3.05) is 20.2 Å². The highest BCUT2D eigenvalue weighted by atomic mass is 16.6. The van der Waals surface area contributed by atoms with Crippen molar-refractivity contribution in [2.45, 2.75) is 59.2 Å². The number of amides is 3. The fourth-order valence-corrected chi connectivity index (χ4v) is 3.17. The van der Waals surface area contributed by atoms with Gasteiger partial charge >= 0.3 is 12.1 Å². The number of hydrogen-bond acceptors (Lipinski definition) is 7. The molecule has 0 bridgehead atoms. The molecule has 0 aliphatic rings. The number of carbonyl (C=O) groups is 4. The molecule has 0 saturated heterocycles. The summed E-state index contributed by atoms with van der Waals surface area (Å²) in [4.78, 5) is 51.9. The minimum absolute atomic E-state index is 0.378. The Labute approximate surface area is 200 Å². The minimum atomic E-state index is -1.22. The van der Waals surface area contributed by atoms with Gasteiger partial charge in [-0.25, -0.2) is 4.79 Å². The second kappa shape index (κ2) is 12.6. The van der Waals surface area contributed by atoms with E-state index in [9.17, 15) is 24.4 Å². The lowest BCUT2D eigenvalue weighted by atomic mass is 9.96. The Morgan fingerprint density at radius 2 is 1.76 bits per heavy atom. The molecule has 34 heavy (non-hydrogen) atoms. The Morgan fingerprint density at radius 1 is 1.15 bits per heavy atom. The molecule has 2 atom stereocenters. The molecule has 2 unspecified atom stereocenters. The normalized spacial score (nSPS) is 12.7. The van der Waals surface area contributed by atoms with Crippen LogP contribution in [0.5, 0.6) is 0 Å². The summed E-state index contributed by atoms with van der Waals surface area (Å²) in [6.45, 7) is 9.47. The molecule has 10 nitrogen and oxygen atoms in total. The maximum absolute atomic E-state index is 13.6. The van der Waals surface area contributed by atoms with Crippen molar-refractivity contribution in [3.63, 3.8) is 0 Å². The number of esters is 1. The molecular weight excluding hydrogens is 440 g/mol. The topological polar surface area (TPSA) is 138 Å². The molecule has 0 aliphatic carbocycles. The van der Waals surface area contributed by atoms with Crippen molar-refractivity contribution in [3.05, 3.63) is 35.4 Å². The molecule has 1 aromatic carbocycles. The van der Waals surface area contributed by atoms with Crippen molar-refractivity contribution in [1.29, 1.82) is 5.26 Å². The van der Waals surface area contributed by atoms with E-state index in [2.05, 4.69) is 15.4 Å². The first-order valence-corrected chi connectivity index (χ1v) is 10.9. The van der Waals surface area contributed by atoms with Gasteiger partial charge in [0, 0.05) is 0 Å². The van der Waals surface area contributed by atoms with Crippen molar-refractivity contribution >= 4 is 23.9 Å². The van der Waals surface area contributed by atoms with E-state index in [1.165, 1.54) is 7.11 Å². The van der Waals surface area contributed by atoms with Gasteiger partial charge in [-0.15, -0.1) is 0 Å². The molecule has 10 heteroatoms. The van der Waals surface area contributed by atoms with Crippen molar-refractivity contribution in [1.82, 2.24) is 15.5 Å². The Hall–Kier alpha value is -3.61. The molecule has 0 aromatic heterocycles. The van der Waals surface area contributed by atoms with E-state index in [0.717, 1.165) is 4.90 Å². The smallest absolute Gasteiger partial charge is 0.408 e. The molecule has 0 fully saturated rings. The standard InChI is InChI=1S/C24H34N4O6/c1-15(2)19(27-23(32)34-24(4,5)6)22(31)28(13-12-25)20(17-11-9-8-10-16(17)3)21(30)26-14-18(29)33-7/h8-11,15,19-20H,13-14H2,1-7H3,(H,26,30)(H,27,32). The number of rotatable bonds is 9. The average molecular weight is 475 g/mol. The number of methoxy groups -OCH3 is 1. The number of alkyl carbamates (subject to hydrolysis) is 1. The number of benzene rings is 1. The largest absolute Gasteiger partial charge is 0.468 e. The third kappa shape index (κ3) is 8.39. The number of carbonyl (C=O) groups excluding carboxylic acids is 4. The number of nitrogens with one attached hydrogen (secondary N) is 2. The van der Waals surface area contributed by atoms with Crippen LogP contribution in [0.25, 0.3) is 0 Å². The number of hydrogen-bond donors (Lipinski definition) is 2. The lowest BCUT2D eigenvalue weighted by Gasteiger charge is -2.34. The maximum atomic E-state index is 13.6. The second-order valence-corrected chi connectivity index (χ2v) is 9.05. The average Bonchev–Trinajstić information content (AvgIpc) is 2.74. The lowest BCUT2D eigenvalue weighted by molar-refractivity contribution is -0.144. The molecule has 0 heterocycles. The van der Waals surface area contributed by atoms with E-state index in [-0.39, 0.29) is 5.92 Å². The highest BCUT2D eigenvalue weighted by molar-refractivity contribution is 5.93. The molecule has 1 aromatic rings.